The van der Waals surface area contributed by atoms with Gasteiger partial charge in [0.1, 0.15) is 0 Å². The summed E-state index contributed by atoms with van der Waals surface area (Å²) < 4.78 is 0.385. The van der Waals surface area contributed by atoms with Crippen LogP contribution in [0.3, 0.4) is 0 Å². The molecule has 2 heterocycles. The van der Waals surface area contributed by atoms with Gasteiger partial charge in [-0.15, -0.1) is 0 Å². The van der Waals surface area contributed by atoms with Gasteiger partial charge in [0.2, 0.25) is 0 Å². The first-order chi connectivity index (χ1) is 13.1. The predicted octanol–water partition coefficient (Wildman–Crippen LogP) is 6.38. The van der Waals surface area contributed by atoms with Crippen LogP contribution in [0.1, 0.15) is 18.4 Å². The molecule has 3 aromatic rings. The van der Waals surface area contributed by atoms with Gasteiger partial charge in [-0.1, -0.05) is 57.9 Å². The molecule has 2 aromatic carbocycles. The minimum atomic E-state index is 0.385. The number of pyridine rings is 1. The molecule has 2 atom stereocenters. The third kappa shape index (κ3) is 4.50. The fourth-order valence-electron chi connectivity index (χ4n) is 3.59. The van der Waals surface area contributed by atoms with Crippen molar-refractivity contribution in [1.29, 1.82) is 0 Å². The number of rotatable bonds is 4. The van der Waals surface area contributed by atoms with Crippen molar-refractivity contribution in [2.75, 3.05) is 11.9 Å². The summed E-state index contributed by atoms with van der Waals surface area (Å²) in [5.41, 5.74) is 2.29. The van der Waals surface area contributed by atoms with Crippen LogP contribution < -0.4 is 5.32 Å². The van der Waals surface area contributed by atoms with Crippen molar-refractivity contribution >= 4 is 62.3 Å². The summed E-state index contributed by atoms with van der Waals surface area (Å²) in [6.45, 7) is 1.92. The SMILES string of the molecule is Clc1ccc(CN2CCCC(Nc3ccc4cnccc4c3)C2I)c(Cl)c1. The molecule has 27 heavy (non-hydrogen) atoms. The van der Waals surface area contributed by atoms with Crippen LogP contribution in [0.5, 0.6) is 0 Å². The molecule has 1 N–H and O–H groups in total. The molecular weight excluding hydrogens is 492 g/mol. The van der Waals surface area contributed by atoms with E-state index in [9.17, 15) is 0 Å². The van der Waals surface area contributed by atoms with Crippen molar-refractivity contribution in [2.24, 2.45) is 0 Å². The number of likely N-dealkylation sites (tertiary alicyclic amines) is 1. The quantitative estimate of drug-likeness (QED) is 0.250. The smallest absolute Gasteiger partial charge is 0.0825 e. The number of hydrogen-bond acceptors (Lipinski definition) is 3. The predicted molar refractivity (Wildman–Crippen MR) is 123 cm³/mol. The fourth-order valence-corrected chi connectivity index (χ4v) is 5.08. The Labute approximate surface area is 183 Å². The Balaban J connectivity index is 1.48. The van der Waals surface area contributed by atoms with E-state index in [0.717, 1.165) is 41.2 Å². The van der Waals surface area contributed by atoms with E-state index in [1.807, 2.05) is 30.6 Å². The standard InChI is InChI=1S/C21H20Cl2IN3/c22-17-5-3-16(19(23)11-17)13-27-9-1-2-20(21(27)24)26-18-6-4-15-12-25-8-7-14(15)10-18/h3-8,10-12,20-21,26H,1-2,9,13H2. The zero-order valence-corrected chi connectivity index (χ0v) is 18.4. The zero-order valence-electron chi connectivity index (χ0n) is 14.7. The highest BCUT2D eigenvalue weighted by Crippen LogP contribution is 2.30. The summed E-state index contributed by atoms with van der Waals surface area (Å²) in [5, 5.41) is 7.53. The average molecular weight is 512 g/mol. The fraction of sp³-hybridized carbons (Fsp3) is 0.286. The molecule has 0 bridgehead atoms. The highest BCUT2D eigenvalue weighted by atomic mass is 127. The third-order valence-electron chi connectivity index (χ3n) is 5.02. The first-order valence-electron chi connectivity index (χ1n) is 9.02. The van der Waals surface area contributed by atoms with Crippen LogP contribution in [0.4, 0.5) is 5.69 Å². The molecule has 1 aliphatic rings. The van der Waals surface area contributed by atoms with Crippen molar-refractivity contribution in [1.82, 2.24) is 9.88 Å². The highest BCUT2D eigenvalue weighted by molar-refractivity contribution is 14.1. The minimum Gasteiger partial charge on any atom is -0.380 e. The number of halogens is 3. The average Bonchev–Trinajstić information content (AvgIpc) is 2.67. The van der Waals surface area contributed by atoms with Gasteiger partial charge in [-0.05, 0) is 60.7 Å². The van der Waals surface area contributed by atoms with E-state index >= 15 is 0 Å². The molecule has 3 nitrogen and oxygen atoms in total. The Hall–Kier alpha value is -1.08. The van der Waals surface area contributed by atoms with Gasteiger partial charge >= 0.3 is 0 Å². The molecule has 0 spiro atoms. The van der Waals surface area contributed by atoms with Gasteiger partial charge in [0, 0.05) is 40.1 Å². The molecule has 1 aliphatic heterocycles. The summed E-state index contributed by atoms with van der Waals surface area (Å²) in [6, 6.07) is 14.7. The van der Waals surface area contributed by atoms with Crippen molar-refractivity contribution in [3.63, 3.8) is 0 Å². The number of piperidine rings is 1. The first kappa shape index (κ1) is 19.2. The Kier molecular flexibility index (Phi) is 6.07. The molecule has 2 unspecified atom stereocenters. The molecule has 4 rings (SSSR count). The molecule has 1 saturated heterocycles. The van der Waals surface area contributed by atoms with Crippen molar-refractivity contribution in [2.45, 2.75) is 29.5 Å². The lowest BCUT2D eigenvalue weighted by Crippen LogP contribution is -2.47. The summed E-state index contributed by atoms with van der Waals surface area (Å²) >= 11 is 15.0. The van der Waals surface area contributed by atoms with E-state index in [1.165, 1.54) is 11.8 Å². The monoisotopic (exact) mass is 511 g/mol. The summed E-state index contributed by atoms with van der Waals surface area (Å²) in [5.74, 6) is 0. The number of anilines is 1. The summed E-state index contributed by atoms with van der Waals surface area (Å²) in [6.07, 6.45) is 6.07. The second-order valence-corrected chi connectivity index (χ2v) is 9.03. The number of fused-ring (bicyclic) bond motifs is 1. The van der Waals surface area contributed by atoms with E-state index in [1.54, 1.807) is 0 Å². The van der Waals surface area contributed by atoms with Gasteiger partial charge < -0.3 is 5.32 Å². The molecule has 0 saturated carbocycles. The van der Waals surface area contributed by atoms with Crippen LogP contribution in [0.15, 0.2) is 54.9 Å². The van der Waals surface area contributed by atoms with E-state index < -0.39 is 0 Å². The van der Waals surface area contributed by atoms with Crippen molar-refractivity contribution in [3.8, 4) is 0 Å². The Morgan fingerprint density at radius 2 is 2.00 bits per heavy atom. The van der Waals surface area contributed by atoms with Crippen LogP contribution in [-0.4, -0.2) is 26.5 Å². The Morgan fingerprint density at radius 3 is 2.85 bits per heavy atom. The Bertz CT molecular complexity index is 950. The van der Waals surface area contributed by atoms with E-state index in [4.69, 9.17) is 23.2 Å². The second kappa shape index (κ2) is 8.52. The molecular formula is C21H20Cl2IN3. The normalized spacial score (nSPS) is 20.7. The summed E-state index contributed by atoms with van der Waals surface area (Å²) in [7, 11) is 0. The largest absolute Gasteiger partial charge is 0.380 e. The number of benzene rings is 2. The second-order valence-electron chi connectivity index (χ2n) is 6.91. The van der Waals surface area contributed by atoms with Crippen molar-refractivity contribution in [3.05, 3.63) is 70.5 Å². The lowest BCUT2D eigenvalue weighted by atomic mass is 10.0. The van der Waals surface area contributed by atoms with Gasteiger partial charge in [-0.25, -0.2) is 0 Å². The topological polar surface area (TPSA) is 28.2 Å². The number of nitrogens with zero attached hydrogens (tertiary/aromatic N) is 2. The molecule has 6 heteroatoms. The lowest BCUT2D eigenvalue weighted by Gasteiger charge is -2.39. The molecule has 140 valence electrons. The van der Waals surface area contributed by atoms with Crippen LogP contribution in [0.25, 0.3) is 10.8 Å². The lowest BCUT2D eigenvalue weighted by molar-refractivity contribution is 0.196. The summed E-state index contributed by atoms with van der Waals surface area (Å²) in [4.78, 5) is 6.67. The van der Waals surface area contributed by atoms with Gasteiger partial charge in [-0.2, -0.15) is 0 Å². The molecule has 1 aromatic heterocycles. The Morgan fingerprint density at radius 1 is 1.11 bits per heavy atom. The van der Waals surface area contributed by atoms with E-state index in [0.29, 0.717) is 15.1 Å². The number of alkyl halides is 1. The maximum Gasteiger partial charge on any atom is 0.0825 e. The van der Waals surface area contributed by atoms with Crippen LogP contribution in [-0.2, 0) is 6.54 Å². The van der Waals surface area contributed by atoms with Gasteiger partial charge in [-0.3, -0.25) is 9.88 Å². The maximum atomic E-state index is 6.38. The molecule has 0 amide bonds. The van der Waals surface area contributed by atoms with E-state index in [-0.39, 0.29) is 0 Å². The van der Waals surface area contributed by atoms with Crippen molar-refractivity contribution < 1.29 is 0 Å². The number of hydrogen-bond donors (Lipinski definition) is 1. The van der Waals surface area contributed by atoms with E-state index in [2.05, 4.69) is 62.1 Å². The highest BCUT2D eigenvalue weighted by Gasteiger charge is 2.29. The molecule has 1 fully saturated rings. The van der Waals surface area contributed by atoms with Gasteiger partial charge in [0.05, 0.1) is 10.1 Å². The molecule has 0 aliphatic carbocycles. The third-order valence-corrected chi connectivity index (χ3v) is 7.27. The number of nitrogens with one attached hydrogen (secondary N) is 1. The number of aromatic nitrogens is 1. The van der Waals surface area contributed by atoms with Crippen LogP contribution in [0, 0.1) is 0 Å². The zero-order chi connectivity index (χ0) is 18.8. The van der Waals surface area contributed by atoms with Crippen LogP contribution >= 0.6 is 45.8 Å². The first-order valence-corrected chi connectivity index (χ1v) is 11.0. The van der Waals surface area contributed by atoms with Gasteiger partial charge in [0.15, 0.2) is 0 Å². The molecule has 0 radical (unpaired) electrons. The van der Waals surface area contributed by atoms with Gasteiger partial charge in [0.25, 0.3) is 0 Å². The van der Waals surface area contributed by atoms with Crippen LogP contribution in [0.2, 0.25) is 10.0 Å². The minimum absolute atomic E-state index is 0.385. The maximum absolute atomic E-state index is 6.38.